The lowest BCUT2D eigenvalue weighted by Gasteiger charge is -2.35. The van der Waals surface area contributed by atoms with Crippen molar-refractivity contribution in [1.29, 1.82) is 0 Å². The molecular formula is C49H60FN9O8. The maximum Gasteiger partial charge on any atom is 0.407 e. The van der Waals surface area contributed by atoms with Crippen molar-refractivity contribution in [3.05, 3.63) is 90.5 Å². The average molecular weight is 922 g/mol. The highest BCUT2D eigenvalue weighted by Gasteiger charge is 2.42. The topological polar surface area (TPSA) is 204 Å². The number of carbonyl (C=O) groups excluding carboxylic acids is 2. The van der Waals surface area contributed by atoms with Gasteiger partial charge in [-0.3, -0.25) is 15.0 Å². The molecule has 2 aromatic carbocycles. The number of fused-ring (bicyclic) bond motifs is 5. The third-order valence-electron chi connectivity index (χ3n) is 13.7. The van der Waals surface area contributed by atoms with Gasteiger partial charge in [-0.15, -0.1) is 0 Å². The number of aromatic amines is 2. The number of halogens is 1. The smallest absolute Gasteiger partial charge is 0.407 e. The molecule has 9 unspecified atom stereocenters. The predicted octanol–water partition coefficient (Wildman–Crippen LogP) is 6.82. The molecule has 6 N–H and O–H groups in total. The van der Waals surface area contributed by atoms with Gasteiger partial charge in [0.15, 0.2) is 6.23 Å². The van der Waals surface area contributed by atoms with Gasteiger partial charge in [-0.1, -0.05) is 39.0 Å². The van der Waals surface area contributed by atoms with Crippen LogP contribution in [-0.2, 0) is 19.0 Å². The number of carbonyl (C=O) groups is 2. The lowest BCUT2D eigenvalue weighted by Crippen LogP contribution is -2.53. The van der Waals surface area contributed by atoms with Crippen LogP contribution >= 0.6 is 0 Å². The summed E-state index contributed by atoms with van der Waals surface area (Å²) in [6.07, 6.45) is 8.41. The zero-order chi connectivity index (χ0) is 47.1. The standard InChI is InChI=1S/C49H60FN9O8/c1-7-34(55-48(62)65-5)45(60)57-17-9-12-38(57)43-51-24-36(53-43)28-13-15-33-39-20-30-18-27(14-16-37(30)59(39)47(67-41(33)21-28)29-10-8-11-32(19-29)64-4)35-23-52-44(54-35)40-22-31(50)25-58(40)46(61)42(26(2)3)56-49(63)66-6/h8,11,13-16,18-21,23-24,26,29,31,34,38,40,42,45,47-48,55,60,62H,7,9-10,12,17,22,25H2,1-6H3,(H,51,53)(H,52,54)(H,56,63). The number of allylic oxidation sites excluding steroid dienone is 2. The SMILES string of the molecule is CCC(NC(O)OC)C(O)N1CCCC1c1ncc(-c2ccc3c(c2)OC(C2C=C(OC)C=CC2)n2c-3cc3cc(-c4cnc(C5CC(F)CN5C(=O)C(NC(=O)OC)C(C)C)[nH]4)ccc32)[nH]1. The minimum absolute atomic E-state index is 0.0552. The first-order valence-corrected chi connectivity index (χ1v) is 23.1. The van der Waals surface area contributed by atoms with Crippen molar-refractivity contribution in [1.82, 2.24) is 44.9 Å². The molecule has 17 nitrogen and oxygen atoms in total. The summed E-state index contributed by atoms with van der Waals surface area (Å²) in [7, 11) is 4.31. The zero-order valence-electron chi connectivity index (χ0n) is 38.6. The monoisotopic (exact) mass is 921 g/mol. The summed E-state index contributed by atoms with van der Waals surface area (Å²) < 4.78 is 39.8. The number of nitrogens with zero attached hydrogens (tertiary/aromatic N) is 5. The molecule has 6 heterocycles. The largest absolute Gasteiger partial charge is 0.497 e. The number of imidazole rings is 2. The number of aliphatic hydroxyl groups excluding tert-OH is 2. The van der Waals surface area contributed by atoms with E-state index in [1.807, 2.05) is 44.0 Å². The van der Waals surface area contributed by atoms with Crippen molar-refractivity contribution in [2.24, 2.45) is 11.8 Å². The van der Waals surface area contributed by atoms with Gasteiger partial charge in [0.2, 0.25) is 12.3 Å². The van der Waals surface area contributed by atoms with Crippen LogP contribution in [0.3, 0.4) is 0 Å². The van der Waals surface area contributed by atoms with Crippen LogP contribution in [0, 0.1) is 11.8 Å². The summed E-state index contributed by atoms with van der Waals surface area (Å²) >= 11 is 0. The fourth-order valence-electron chi connectivity index (χ4n) is 10.1. The molecule has 3 aliphatic heterocycles. The minimum atomic E-state index is -1.25. The summed E-state index contributed by atoms with van der Waals surface area (Å²) in [6.45, 7) is 6.16. The van der Waals surface area contributed by atoms with Crippen molar-refractivity contribution in [3.63, 3.8) is 0 Å². The Morgan fingerprint density at radius 3 is 2.43 bits per heavy atom. The Hall–Kier alpha value is -6.05. The van der Waals surface area contributed by atoms with Crippen LogP contribution in [0.2, 0.25) is 0 Å². The number of rotatable bonds is 15. The van der Waals surface area contributed by atoms with E-state index >= 15 is 4.39 Å². The van der Waals surface area contributed by atoms with E-state index in [1.54, 1.807) is 13.3 Å². The molecule has 2 saturated heterocycles. The number of ether oxygens (including phenoxy) is 4. The molecular weight excluding hydrogens is 862 g/mol. The lowest BCUT2D eigenvalue weighted by atomic mass is 9.95. The van der Waals surface area contributed by atoms with Gasteiger partial charge in [0.05, 0.1) is 73.9 Å². The van der Waals surface area contributed by atoms with Crippen molar-refractivity contribution >= 4 is 22.9 Å². The minimum Gasteiger partial charge on any atom is -0.497 e. The predicted molar refractivity (Wildman–Crippen MR) is 248 cm³/mol. The van der Waals surface area contributed by atoms with E-state index in [0.717, 1.165) is 75.6 Å². The Morgan fingerprint density at radius 2 is 1.73 bits per heavy atom. The Kier molecular flexibility index (Phi) is 13.3. The van der Waals surface area contributed by atoms with E-state index in [2.05, 4.69) is 78.7 Å². The number of methoxy groups -OCH3 is 3. The van der Waals surface area contributed by atoms with Crippen molar-refractivity contribution in [3.8, 4) is 39.5 Å². The number of benzene rings is 2. The molecule has 0 saturated carbocycles. The summed E-state index contributed by atoms with van der Waals surface area (Å²) in [5.41, 5.74) is 6.20. The lowest BCUT2D eigenvalue weighted by molar-refractivity contribution is -0.135. The number of hydrogen-bond donors (Lipinski definition) is 6. The first-order chi connectivity index (χ1) is 32.4. The highest BCUT2D eigenvalue weighted by atomic mass is 19.1. The van der Waals surface area contributed by atoms with Crippen molar-refractivity contribution in [2.45, 2.75) is 102 Å². The highest BCUT2D eigenvalue weighted by molar-refractivity contribution is 5.92. The summed E-state index contributed by atoms with van der Waals surface area (Å²) in [5, 5.41) is 28.0. The fraction of sp³-hybridized carbons (Fsp3) is 0.469. The van der Waals surface area contributed by atoms with Gasteiger partial charge in [0.25, 0.3) is 0 Å². The number of likely N-dealkylation sites (tertiary alicyclic amines) is 2. The molecule has 18 heteroatoms. The van der Waals surface area contributed by atoms with Crippen molar-refractivity contribution < 1.29 is 43.1 Å². The first-order valence-electron chi connectivity index (χ1n) is 23.1. The second-order valence-electron chi connectivity index (χ2n) is 18.1. The zero-order valence-corrected chi connectivity index (χ0v) is 38.6. The Labute approximate surface area is 388 Å². The second kappa shape index (κ2) is 19.3. The van der Waals surface area contributed by atoms with Crippen LogP contribution in [0.4, 0.5) is 9.18 Å². The van der Waals surface area contributed by atoms with E-state index in [0.29, 0.717) is 24.5 Å². The van der Waals surface area contributed by atoms with E-state index in [4.69, 9.17) is 23.9 Å². The molecule has 9 atom stereocenters. The molecule has 4 aliphatic rings. The molecule has 0 radical (unpaired) electrons. The molecule has 5 aromatic rings. The van der Waals surface area contributed by atoms with Crippen LogP contribution in [0.1, 0.15) is 82.8 Å². The first kappa shape index (κ1) is 46.1. The van der Waals surface area contributed by atoms with Crippen LogP contribution in [0.25, 0.3) is 44.7 Å². The third kappa shape index (κ3) is 8.95. The number of amides is 2. The number of aliphatic hydroxyl groups is 2. The molecule has 0 bridgehead atoms. The normalized spacial score (nSPS) is 23.3. The van der Waals surface area contributed by atoms with Gasteiger partial charge < -0.3 is 53.9 Å². The van der Waals surface area contributed by atoms with Gasteiger partial charge in [-0.05, 0) is 74.1 Å². The number of hydrogen-bond acceptors (Lipinski definition) is 12. The average Bonchev–Trinajstić information content (AvgIpc) is 4.21. The number of alkyl carbamates (subject to hydrolysis) is 1. The van der Waals surface area contributed by atoms with E-state index < -0.39 is 55.2 Å². The Morgan fingerprint density at radius 1 is 1.00 bits per heavy atom. The van der Waals surface area contributed by atoms with E-state index in [-0.39, 0.29) is 30.8 Å². The molecule has 1 aliphatic carbocycles. The van der Waals surface area contributed by atoms with Gasteiger partial charge >= 0.3 is 6.09 Å². The molecule has 2 amide bonds. The molecule has 3 aromatic heterocycles. The van der Waals surface area contributed by atoms with Crippen LogP contribution in [0.15, 0.2) is 78.8 Å². The highest BCUT2D eigenvalue weighted by Crippen LogP contribution is 2.48. The fourth-order valence-corrected chi connectivity index (χ4v) is 10.1. The molecule has 9 rings (SSSR count). The summed E-state index contributed by atoms with van der Waals surface area (Å²) in [6, 6.07) is 12.5. The third-order valence-corrected chi connectivity index (χ3v) is 13.7. The molecule has 2 fully saturated rings. The van der Waals surface area contributed by atoms with Crippen molar-refractivity contribution in [2.75, 3.05) is 34.4 Å². The maximum atomic E-state index is 15.1. The van der Waals surface area contributed by atoms with Crippen LogP contribution < -0.4 is 15.4 Å². The van der Waals surface area contributed by atoms with E-state index in [9.17, 15) is 19.8 Å². The van der Waals surface area contributed by atoms with Gasteiger partial charge in [0, 0.05) is 48.1 Å². The Bertz CT molecular complexity index is 2660. The van der Waals surface area contributed by atoms with Gasteiger partial charge in [-0.2, -0.15) is 0 Å². The second-order valence-corrected chi connectivity index (χ2v) is 18.1. The number of nitrogens with one attached hydrogen (secondary N) is 4. The van der Waals surface area contributed by atoms with Crippen LogP contribution in [-0.4, -0.2) is 122 Å². The van der Waals surface area contributed by atoms with Gasteiger partial charge in [-0.25, -0.2) is 19.2 Å². The number of alkyl halides is 1. The maximum absolute atomic E-state index is 15.1. The summed E-state index contributed by atoms with van der Waals surface area (Å²) in [5.74, 6) is 2.01. The molecule has 0 spiro atoms. The van der Waals surface area contributed by atoms with Crippen LogP contribution in [0.5, 0.6) is 5.75 Å². The Balaban J connectivity index is 1.02. The quantitative estimate of drug-likeness (QED) is 0.0599. The van der Waals surface area contributed by atoms with Gasteiger partial charge in [0.1, 0.15) is 41.6 Å². The number of H-pyrrole nitrogens is 2. The molecule has 67 heavy (non-hydrogen) atoms. The summed E-state index contributed by atoms with van der Waals surface area (Å²) in [4.78, 5) is 45.8. The number of aromatic nitrogens is 5. The molecule has 356 valence electrons. The van der Waals surface area contributed by atoms with E-state index in [1.165, 1.54) is 19.1 Å².